The van der Waals surface area contributed by atoms with Gasteiger partial charge in [-0.15, -0.1) is 0 Å². The van der Waals surface area contributed by atoms with Crippen molar-refractivity contribution in [3.63, 3.8) is 0 Å². The Morgan fingerprint density at radius 1 is 0.929 bits per heavy atom. The van der Waals surface area contributed by atoms with E-state index in [0.29, 0.717) is 6.54 Å². The van der Waals surface area contributed by atoms with E-state index < -0.39 is 0 Å². The fraction of sp³-hybridized carbons (Fsp3) is 0.409. The number of pyridine rings is 1. The Balaban J connectivity index is 1.43. The molecule has 2 amide bonds. The SMILES string of the molecule is CN(C)c1ccc(NC(=O)C2CCC(C(=O)NCc3ccncc3)CC2)cc1. The second-order valence-corrected chi connectivity index (χ2v) is 7.55. The van der Waals surface area contributed by atoms with Crippen molar-refractivity contribution in [2.24, 2.45) is 11.8 Å². The minimum atomic E-state index is -0.0298. The van der Waals surface area contributed by atoms with Crippen LogP contribution < -0.4 is 15.5 Å². The molecule has 2 aromatic rings. The minimum Gasteiger partial charge on any atom is -0.378 e. The summed E-state index contributed by atoms with van der Waals surface area (Å²) >= 11 is 0. The molecule has 6 nitrogen and oxygen atoms in total. The summed E-state index contributed by atoms with van der Waals surface area (Å²) in [5, 5.41) is 6.00. The van der Waals surface area contributed by atoms with Gasteiger partial charge >= 0.3 is 0 Å². The standard InChI is InChI=1S/C22H28N4O2/c1-26(2)20-9-7-19(8-10-20)25-22(28)18-5-3-17(4-6-18)21(27)24-15-16-11-13-23-14-12-16/h7-14,17-18H,3-6,15H2,1-2H3,(H,24,27)(H,25,28). The van der Waals surface area contributed by atoms with Gasteiger partial charge < -0.3 is 15.5 Å². The number of aromatic nitrogens is 1. The van der Waals surface area contributed by atoms with Gasteiger partial charge in [-0.3, -0.25) is 14.6 Å². The van der Waals surface area contributed by atoms with Crippen LogP contribution in [-0.4, -0.2) is 30.9 Å². The molecule has 6 heteroatoms. The third-order valence-corrected chi connectivity index (χ3v) is 5.34. The van der Waals surface area contributed by atoms with Crippen molar-refractivity contribution >= 4 is 23.2 Å². The topological polar surface area (TPSA) is 74.3 Å². The van der Waals surface area contributed by atoms with Crippen molar-refractivity contribution in [2.45, 2.75) is 32.2 Å². The molecule has 1 aliphatic carbocycles. The van der Waals surface area contributed by atoms with E-state index in [9.17, 15) is 9.59 Å². The maximum absolute atomic E-state index is 12.5. The van der Waals surface area contributed by atoms with E-state index in [-0.39, 0.29) is 23.7 Å². The van der Waals surface area contributed by atoms with Crippen LogP contribution in [0.4, 0.5) is 11.4 Å². The molecule has 0 spiro atoms. The number of nitrogens with zero attached hydrogens (tertiary/aromatic N) is 2. The number of hydrogen-bond donors (Lipinski definition) is 2. The van der Waals surface area contributed by atoms with Crippen molar-refractivity contribution in [3.8, 4) is 0 Å². The number of carbonyl (C=O) groups excluding carboxylic acids is 2. The molecule has 28 heavy (non-hydrogen) atoms. The van der Waals surface area contributed by atoms with Crippen molar-refractivity contribution in [2.75, 3.05) is 24.3 Å². The first-order valence-corrected chi connectivity index (χ1v) is 9.78. The molecule has 1 aromatic heterocycles. The third kappa shape index (κ3) is 5.31. The van der Waals surface area contributed by atoms with Crippen LogP contribution in [0.3, 0.4) is 0 Å². The van der Waals surface area contributed by atoms with Crippen molar-refractivity contribution < 1.29 is 9.59 Å². The lowest BCUT2D eigenvalue weighted by atomic mass is 9.81. The van der Waals surface area contributed by atoms with Gasteiger partial charge in [0.05, 0.1) is 0 Å². The van der Waals surface area contributed by atoms with Crippen LogP contribution in [0.25, 0.3) is 0 Å². The molecule has 1 heterocycles. The van der Waals surface area contributed by atoms with Gasteiger partial charge in [-0.05, 0) is 67.6 Å². The monoisotopic (exact) mass is 380 g/mol. The second-order valence-electron chi connectivity index (χ2n) is 7.55. The molecule has 0 unspecified atom stereocenters. The molecular formula is C22H28N4O2. The summed E-state index contributed by atoms with van der Waals surface area (Å²) in [7, 11) is 3.97. The van der Waals surface area contributed by atoms with E-state index in [1.165, 1.54) is 0 Å². The summed E-state index contributed by atoms with van der Waals surface area (Å²) in [6.07, 6.45) is 6.43. The molecule has 1 aromatic carbocycles. The highest BCUT2D eigenvalue weighted by molar-refractivity contribution is 5.93. The van der Waals surface area contributed by atoms with E-state index in [2.05, 4.69) is 15.6 Å². The summed E-state index contributed by atoms with van der Waals surface area (Å²) < 4.78 is 0. The van der Waals surface area contributed by atoms with Gasteiger partial charge in [0.2, 0.25) is 11.8 Å². The Bertz CT molecular complexity index is 782. The van der Waals surface area contributed by atoms with Gasteiger partial charge in [-0.1, -0.05) is 0 Å². The van der Waals surface area contributed by atoms with Gasteiger partial charge in [0, 0.05) is 56.2 Å². The number of hydrogen-bond acceptors (Lipinski definition) is 4. The van der Waals surface area contributed by atoms with Crippen LogP contribution in [-0.2, 0) is 16.1 Å². The molecule has 2 N–H and O–H groups in total. The fourth-order valence-corrected chi connectivity index (χ4v) is 3.54. The maximum atomic E-state index is 12.5. The van der Waals surface area contributed by atoms with E-state index in [0.717, 1.165) is 42.6 Å². The number of amides is 2. The lowest BCUT2D eigenvalue weighted by Gasteiger charge is -2.27. The number of benzene rings is 1. The minimum absolute atomic E-state index is 0.00902. The molecular weight excluding hydrogens is 352 g/mol. The highest BCUT2D eigenvalue weighted by atomic mass is 16.2. The molecule has 0 aliphatic heterocycles. The lowest BCUT2D eigenvalue weighted by Crippen LogP contribution is -2.35. The first-order chi connectivity index (χ1) is 13.5. The first-order valence-electron chi connectivity index (χ1n) is 9.78. The summed E-state index contributed by atoms with van der Waals surface area (Å²) in [4.78, 5) is 30.9. The van der Waals surface area contributed by atoms with Gasteiger partial charge in [0.1, 0.15) is 0 Å². The maximum Gasteiger partial charge on any atom is 0.227 e. The molecule has 148 valence electrons. The predicted octanol–water partition coefficient (Wildman–Crippen LogP) is 3.21. The zero-order valence-electron chi connectivity index (χ0n) is 16.5. The lowest BCUT2D eigenvalue weighted by molar-refractivity contribution is -0.128. The fourth-order valence-electron chi connectivity index (χ4n) is 3.54. The number of nitrogens with one attached hydrogen (secondary N) is 2. The van der Waals surface area contributed by atoms with E-state index in [4.69, 9.17) is 0 Å². The van der Waals surface area contributed by atoms with Crippen LogP contribution >= 0.6 is 0 Å². The Morgan fingerprint density at radius 3 is 2.07 bits per heavy atom. The third-order valence-electron chi connectivity index (χ3n) is 5.34. The number of anilines is 2. The van der Waals surface area contributed by atoms with Crippen LogP contribution in [0.5, 0.6) is 0 Å². The smallest absolute Gasteiger partial charge is 0.227 e. The number of carbonyl (C=O) groups is 2. The predicted molar refractivity (Wildman–Crippen MR) is 111 cm³/mol. The van der Waals surface area contributed by atoms with Gasteiger partial charge in [0.15, 0.2) is 0 Å². The second kappa shape index (κ2) is 9.35. The largest absolute Gasteiger partial charge is 0.378 e. The van der Waals surface area contributed by atoms with E-state index in [1.54, 1.807) is 12.4 Å². The average Bonchev–Trinajstić information content (AvgIpc) is 2.73. The van der Waals surface area contributed by atoms with Crippen LogP contribution in [0.1, 0.15) is 31.2 Å². The summed E-state index contributed by atoms with van der Waals surface area (Å²) in [5.74, 6) is 0.0891. The molecule has 3 rings (SSSR count). The van der Waals surface area contributed by atoms with Crippen molar-refractivity contribution in [3.05, 3.63) is 54.4 Å². The highest BCUT2D eigenvalue weighted by Gasteiger charge is 2.29. The zero-order valence-corrected chi connectivity index (χ0v) is 16.5. The van der Waals surface area contributed by atoms with Crippen molar-refractivity contribution in [1.29, 1.82) is 0 Å². The number of rotatable bonds is 6. The quantitative estimate of drug-likeness (QED) is 0.807. The first kappa shape index (κ1) is 19.9. The van der Waals surface area contributed by atoms with E-state index in [1.807, 2.05) is 55.4 Å². The normalized spacial score (nSPS) is 18.9. The summed E-state index contributed by atoms with van der Waals surface area (Å²) in [6, 6.07) is 11.6. The summed E-state index contributed by atoms with van der Waals surface area (Å²) in [5.41, 5.74) is 2.95. The zero-order chi connectivity index (χ0) is 19.9. The molecule has 0 atom stereocenters. The van der Waals surface area contributed by atoms with Crippen LogP contribution in [0, 0.1) is 11.8 Å². The Labute approximate surface area is 166 Å². The Kier molecular flexibility index (Phi) is 6.63. The molecule has 0 radical (unpaired) electrons. The van der Waals surface area contributed by atoms with Gasteiger partial charge in [-0.2, -0.15) is 0 Å². The molecule has 1 aliphatic rings. The Morgan fingerprint density at radius 2 is 1.50 bits per heavy atom. The summed E-state index contributed by atoms with van der Waals surface area (Å²) in [6.45, 7) is 0.519. The van der Waals surface area contributed by atoms with Gasteiger partial charge in [-0.25, -0.2) is 0 Å². The highest BCUT2D eigenvalue weighted by Crippen LogP contribution is 2.30. The van der Waals surface area contributed by atoms with Crippen LogP contribution in [0.2, 0.25) is 0 Å². The van der Waals surface area contributed by atoms with Gasteiger partial charge in [0.25, 0.3) is 0 Å². The Hall–Kier alpha value is -2.89. The van der Waals surface area contributed by atoms with Crippen molar-refractivity contribution in [1.82, 2.24) is 10.3 Å². The van der Waals surface area contributed by atoms with Crippen LogP contribution in [0.15, 0.2) is 48.8 Å². The average molecular weight is 380 g/mol. The molecule has 0 saturated heterocycles. The van der Waals surface area contributed by atoms with E-state index >= 15 is 0 Å². The molecule has 1 fully saturated rings. The molecule has 1 saturated carbocycles. The molecule has 0 bridgehead atoms.